The van der Waals surface area contributed by atoms with E-state index in [1.54, 1.807) is 24.7 Å². The molecule has 1 aromatic carbocycles. The van der Waals surface area contributed by atoms with Gasteiger partial charge in [0.25, 0.3) is 5.91 Å². The van der Waals surface area contributed by atoms with E-state index in [4.69, 9.17) is 4.74 Å². The van der Waals surface area contributed by atoms with Crippen LogP contribution in [0.2, 0.25) is 0 Å². The fraction of sp³-hybridized carbons (Fsp3) is 0.478. The zero-order valence-electron chi connectivity index (χ0n) is 18.8. The Labute approximate surface area is 192 Å². The molecule has 0 aliphatic carbocycles. The second-order valence-electron chi connectivity index (χ2n) is 8.43. The summed E-state index contributed by atoms with van der Waals surface area (Å²) >= 11 is 0. The fourth-order valence-corrected chi connectivity index (χ4v) is 3.70. The normalized spacial score (nSPS) is 17.6. The molecule has 3 rings (SSSR count). The number of nitrogens with zero attached hydrogens (tertiary/aromatic N) is 3. The minimum absolute atomic E-state index is 0.0661. The van der Waals surface area contributed by atoms with E-state index in [-0.39, 0.29) is 31.3 Å². The van der Waals surface area contributed by atoms with E-state index in [1.807, 2.05) is 30.3 Å². The lowest BCUT2D eigenvalue weighted by atomic mass is 9.89. The van der Waals surface area contributed by atoms with Gasteiger partial charge in [0.2, 0.25) is 5.78 Å². The number of carbonyl (C=O) groups excluding carboxylic acids is 4. The molecule has 2 aromatic rings. The van der Waals surface area contributed by atoms with Crippen molar-refractivity contribution >= 4 is 23.6 Å². The molecule has 0 saturated heterocycles. The summed E-state index contributed by atoms with van der Waals surface area (Å²) in [5.74, 6) is -2.91. The highest BCUT2D eigenvalue weighted by Crippen LogP contribution is 2.17. The first-order valence-electron chi connectivity index (χ1n) is 11.0. The van der Waals surface area contributed by atoms with Crippen LogP contribution in [-0.2, 0) is 38.7 Å². The molecule has 2 heterocycles. The van der Waals surface area contributed by atoms with Crippen LogP contribution in [0.4, 0.5) is 4.79 Å². The Bertz CT molecular complexity index is 988. The first-order chi connectivity index (χ1) is 15.8. The molecule has 33 heavy (non-hydrogen) atoms. The molecule has 2 atom stereocenters. The number of alkyl carbamates (subject to hydrolysis) is 1. The van der Waals surface area contributed by atoms with Gasteiger partial charge in [-0.25, -0.2) is 9.48 Å². The van der Waals surface area contributed by atoms with E-state index in [0.29, 0.717) is 19.4 Å². The maximum atomic E-state index is 13.1. The Morgan fingerprint density at radius 3 is 2.73 bits per heavy atom. The van der Waals surface area contributed by atoms with Gasteiger partial charge < -0.3 is 15.4 Å². The van der Waals surface area contributed by atoms with Gasteiger partial charge >= 0.3 is 6.09 Å². The van der Waals surface area contributed by atoms with Crippen LogP contribution in [0, 0.1) is 11.8 Å². The molecule has 0 radical (unpaired) electrons. The van der Waals surface area contributed by atoms with Crippen LogP contribution in [0.5, 0.6) is 0 Å². The molecule has 1 aliphatic rings. The third kappa shape index (κ3) is 6.71. The van der Waals surface area contributed by atoms with E-state index in [0.717, 1.165) is 11.3 Å². The minimum atomic E-state index is -0.917. The lowest BCUT2D eigenvalue weighted by molar-refractivity contribution is -0.141. The number of hydrogen-bond donors (Lipinski definition) is 2. The lowest BCUT2D eigenvalue weighted by Gasteiger charge is -2.24. The number of benzene rings is 1. The zero-order chi connectivity index (χ0) is 23.8. The summed E-state index contributed by atoms with van der Waals surface area (Å²) in [6.07, 6.45) is 1.98. The second kappa shape index (κ2) is 11.3. The number of rotatable bonds is 7. The Balaban J connectivity index is 1.67. The van der Waals surface area contributed by atoms with Gasteiger partial charge in [0, 0.05) is 13.0 Å². The third-order valence-electron chi connectivity index (χ3n) is 5.53. The predicted octanol–water partition coefficient (Wildman–Crippen LogP) is 1.44. The number of ketones is 2. The number of ether oxygens (including phenoxy) is 1. The number of aryl methyl sites for hydroxylation is 1. The number of nitrogens with one attached hydrogen (secondary N) is 2. The monoisotopic (exact) mass is 455 g/mol. The van der Waals surface area contributed by atoms with Gasteiger partial charge in [-0.3, -0.25) is 14.4 Å². The summed E-state index contributed by atoms with van der Waals surface area (Å²) in [6, 6.07) is 8.32. The van der Waals surface area contributed by atoms with Crippen molar-refractivity contribution in [3.05, 3.63) is 47.8 Å². The lowest BCUT2D eigenvalue weighted by Crippen LogP contribution is -2.47. The SMILES string of the molecule is CC(C)C(NC(=O)OCc1ccccc1)C(=O)CC1Cn2nncc2CCCNC(=O)C1=O. The molecule has 0 bridgehead atoms. The predicted molar refractivity (Wildman–Crippen MR) is 118 cm³/mol. The molecule has 2 N–H and O–H groups in total. The minimum Gasteiger partial charge on any atom is -0.445 e. The molecule has 10 heteroatoms. The summed E-state index contributed by atoms with van der Waals surface area (Å²) in [5, 5.41) is 13.1. The largest absolute Gasteiger partial charge is 0.445 e. The molecule has 0 fully saturated rings. The van der Waals surface area contributed by atoms with Crippen molar-refractivity contribution in [3.8, 4) is 0 Å². The number of amides is 2. The van der Waals surface area contributed by atoms with Gasteiger partial charge in [-0.2, -0.15) is 0 Å². The summed E-state index contributed by atoms with van der Waals surface area (Å²) < 4.78 is 6.80. The molecular weight excluding hydrogens is 426 g/mol. The van der Waals surface area contributed by atoms with Gasteiger partial charge in [0.15, 0.2) is 5.78 Å². The standard InChI is InChI=1S/C23H29N5O5/c1-15(2)20(26-23(32)33-14-16-7-4-3-5-8-16)19(29)11-17-13-28-18(12-25-27-28)9-6-10-24-22(31)21(17)30/h3-5,7-8,12,15,17,20H,6,9-11,13-14H2,1-2H3,(H,24,31)(H,26,32). The van der Waals surface area contributed by atoms with Crippen molar-refractivity contribution in [1.29, 1.82) is 0 Å². The van der Waals surface area contributed by atoms with Crippen LogP contribution in [0.25, 0.3) is 0 Å². The highest BCUT2D eigenvalue weighted by molar-refractivity contribution is 6.37. The van der Waals surface area contributed by atoms with Crippen LogP contribution < -0.4 is 10.6 Å². The maximum absolute atomic E-state index is 13.1. The average molecular weight is 456 g/mol. The molecule has 0 spiro atoms. The van der Waals surface area contributed by atoms with Crippen LogP contribution in [-0.4, -0.2) is 51.1 Å². The van der Waals surface area contributed by atoms with Crippen molar-refractivity contribution in [2.45, 2.75) is 52.3 Å². The van der Waals surface area contributed by atoms with Crippen LogP contribution in [0.15, 0.2) is 36.5 Å². The highest BCUT2D eigenvalue weighted by atomic mass is 16.5. The van der Waals surface area contributed by atoms with Gasteiger partial charge in [0.05, 0.1) is 30.4 Å². The third-order valence-corrected chi connectivity index (χ3v) is 5.53. The quantitative estimate of drug-likeness (QED) is 0.604. The summed E-state index contributed by atoms with van der Waals surface area (Å²) in [5.41, 5.74) is 1.65. The zero-order valence-corrected chi connectivity index (χ0v) is 18.8. The van der Waals surface area contributed by atoms with E-state index in [1.165, 1.54) is 0 Å². The van der Waals surface area contributed by atoms with E-state index in [9.17, 15) is 19.2 Å². The van der Waals surface area contributed by atoms with Crippen LogP contribution in [0.3, 0.4) is 0 Å². The van der Waals surface area contributed by atoms with E-state index >= 15 is 0 Å². The van der Waals surface area contributed by atoms with Crippen molar-refractivity contribution in [1.82, 2.24) is 25.6 Å². The van der Waals surface area contributed by atoms with E-state index in [2.05, 4.69) is 20.9 Å². The van der Waals surface area contributed by atoms with Crippen LogP contribution >= 0.6 is 0 Å². The summed E-state index contributed by atoms with van der Waals surface area (Å²) in [4.78, 5) is 50.5. The Morgan fingerprint density at radius 2 is 2.00 bits per heavy atom. The molecule has 1 aromatic heterocycles. The fourth-order valence-electron chi connectivity index (χ4n) is 3.70. The van der Waals surface area contributed by atoms with Crippen molar-refractivity contribution in [2.24, 2.45) is 11.8 Å². The van der Waals surface area contributed by atoms with Crippen molar-refractivity contribution < 1.29 is 23.9 Å². The van der Waals surface area contributed by atoms with Gasteiger partial charge in [0.1, 0.15) is 6.61 Å². The first-order valence-corrected chi connectivity index (χ1v) is 11.0. The van der Waals surface area contributed by atoms with Crippen molar-refractivity contribution in [2.75, 3.05) is 6.54 Å². The Morgan fingerprint density at radius 1 is 1.24 bits per heavy atom. The molecule has 1 aliphatic heterocycles. The number of Topliss-reactive ketones (excluding diaryl/α,β-unsaturated/α-hetero) is 2. The maximum Gasteiger partial charge on any atom is 0.408 e. The second-order valence-corrected chi connectivity index (χ2v) is 8.43. The molecule has 10 nitrogen and oxygen atoms in total. The molecule has 0 saturated carbocycles. The smallest absolute Gasteiger partial charge is 0.408 e. The summed E-state index contributed by atoms with van der Waals surface area (Å²) in [6.45, 7) is 4.06. The van der Waals surface area contributed by atoms with Crippen molar-refractivity contribution in [3.63, 3.8) is 0 Å². The highest BCUT2D eigenvalue weighted by Gasteiger charge is 2.33. The number of hydrogen-bond acceptors (Lipinski definition) is 7. The topological polar surface area (TPSA) is 132 Å². The molecule has 2 amide bonds. The Hall–Kier alpha value is -3.56. The molecular formula is C23H29N5O5. The Kier molecular flexibility index (Phi) is 8.28. The van der Waals surface area contributed by atoms with Gasteiger partial charge in [-0.15, -0.1) is 5.10 Å². The number of carbonyl (C=O) groups is 4. The van der Waals surface area contributed by atoms with Gasteiger partial charge in [-0.1, -0.05) is 49.4 Å². The number of fused-ring (bicyclic) bond motifs is 1. The number of aromatic nitrogens is 3. The van der Waals surface area contributed by atoms with E-state index < -0.39 is 29.7 Å². The van der Waals surface area contributed by atoms with Gasteiger partial charge in [-0.05, 0) is 24.3 Å². The molecule has 176 valence electrons. The average Bonchev–Trinajstić information content (AvgIpc) is 3.24. The summed E-state index contributed by atoms with van der Waals surface area (Å²) in [7, 11) is 0. The first kappa shape index (κ1) is 24.1. The van der Waals surface area contributed by atoms with Crippen LogP contribution in [0.1, 0.15) is 37.9 Å². The molecule has 2 unspecified atom stereocenters.